The van der Waals surface area contributed by atoms with Crippen molar-refractivity contribution in [1.29, 1.82) is 0 Å². The second-order valence-corrected chi connectivity index (χ2v) is 5.50. The molecule has 0 fully saturated rings. The van der Waals surface area contributed by atoms with Gasteiger partial charge in [-0.15, -0.1) is 0 Å². The molecular formula is C15H20N2O2. The molecule has 2 rings (SSSR count). The Bertz CT molecular complexity index is 608. The van der Waals surface area contributed by atoms with Crippen LogP contribution in [0.3, 0.4) is 0 Å². The molecule has 102 valence electrons. The summed E-state index contributed by atoms with van der Waals surface area (Å²) in [5.74, 6) is -0.277. The van der Waals surface area contributed by atoms with E-state index < -0.39 is 5.60 Å². The van der Waals surface area contributed by atoms with E-state index in [-0.39, 0.29) is 5.91 Å². The molecule has 0 bridgehead atoms. The van der Waals surface area contributed by atoms with Crippen LogP contribution in [0.5, 0.6) is 0 Å². The molecule has 0 unspecified atom stereocenters. The number of para-hydroxylation sites is 1. The van der Waals surface area contributed by atoms with Gasteiger partial charge in [0.05, 0.1) is 0 Å². The number of aryl methyl sites for hydroxylation is 1. The number of aliphatic hydroxyl groups is 1. The van der Waals surface area contributed by atoms with E-state index in [1.54, 1.807) is 11.9 Å². The van der Waals surface area contributed by atoms with E-state index in [9.17, 15) is 9.90 Å². The van der Waals surface area contributed by atoms with Crippen molar-refractivity contribution in [3.63, 3.8) is 0 Å². The lowest BCUT2D eigenvalue weighted by molar-refractivity contribution is -0.146. The summed E-state index contributed by atoms with van der Waals surface area (Å²) in [7, 11) is 3.70. The van der Waals surface area contributed by atoms with Crippen LogP contribution in [-0.2, 0) is 18.4 Å². The molecule has 1 amide bonds. The van der Waals surface area contributed by atoms with Gasteiger partial charge < -0.3 is 14.6 Å². The van der Waals surface area contributed by atoms with E-state index in [4.69, 9.17) is 0 Å². The zero-order chi connectivity index (χ0) is 14.2. The molecule has 1 aromatic heterocycles. The Morgan fingerprint density at radius 2 is 2.00 bits per heavy atom. The molecule has 0 aliphatic carbocycles. The van der Waals surface area contributed by atoms with Crippen LogP contribution in [0.15, 0.2) is 30.5 Å². The maximum atomic E-state index is 12.0. The van der Waals surface area contributed by atoms with Crippen LogP contribution >= 0.6 is 0 Å². The van der Waals surface area contributed by atoms with E-state index in [1.807, 2.05) is 36.0 Å². The average Bonchev–Trinajstić information content (AvgIpc) is 2.65. The Labute approximate surface area is 113 Å². The fourth-order valence-electron chi connectivity index (χ4n) is 2.35. The van der Waals surface area contributed by atoms with Crippen molar-refractivity contribution in [2.75, 3.05) is 7.05 Å². The molecule has 19 heavy (non-hydrogen) atoms. The minimum Gasteiger partial charge on any atom is -0.381 e. The number of rotatable bonds is 3. The first-order valence-corrected chi connectivity index (χ1v) is 6.31. The summed E-state index contributed by atoms with van der Waals surface area (Å²) in [6, 6.07) is 8.09. The molecule has 1 aromatic carbocycles. The summed E-state index contributed by atoms with van der Waals surface area (Å²) in [5, 5.41) is 10.9. The van der Waals surface area contributed by atoms with Crippen molar-refractivity contribution >= 4 is 16.8 Å². The van der Waals surface area contributed by atoms with Crippen molar-refractivity contribution in [2.45, 2.75) is 26.0 Å². The Morgan fingerprint density at radius 1 is 1.37 bits per heavy atom. The molecular weight excluding hydrogens is 240 g/mol. The van der Waals surface area contributed by atoms with Gasteiger partial charge in [0.1, 0.15) is 5.60 Å². The monoisotopic (exact) mass is 260 g/mol. The van der Waals surface area contributed by atoms with Gasteiger partial charge in [-0.2, -0.15) is 0 Å². The van der Waals surface area contributed by atoms with Crippen LogP contribution in [0.25, 0.3) is 10.9 Å². The van der Waals surface area contributed by atoms with E-state index in [1.165, 1.54) is 13.8 Å². The van der Waals surface area contributed by atoms with Gasteiger partial charge in [0.25, 0.3) is 5.91 Å². The maximum Gasteiger partial charge on any atom is 0.253 e. The molecule has 0 radical (unpaired) electrons. The zero-order valence-corrected chi connectivity index (χ0v) is 11.8. The summed E-state index contributed by atoms with van der Waals surface area (Å²) in [6.07, 6.45) is 2.03. The van der Waals surface area contributed by atoms with Crippen LogP contribution in [0.2, 0.25) is 0 Å². The van der Waals surface area contributed by atoms with Crippen molar-refractivity contribution in [1.82, 2.24) is 9.47 Å². The predicted molar refractivity (Wildman–Crippen MR) is 75.7 cm³/mol. The van der Waals surface area contributed by atoms with Gasteiger partial charge in [0.15, 0.2) is 0 Å². The normalized spacial score (nSPS) is 11.8. The van der Waals surface area contributed by atoms with Gasteiger partial charge >= 0.3 is 0 Å². The highest BCUT2D eigenvalue weighted by molar-refractivity contribution is 5.86. The van der Waals surface area contributed by atoms with Crippen molar-refractivity contribution < 1.29 is 9.90 Å². The minimum atomic E-state index is -1.33. The largest absolute Gasteiger partial charge is 0.381 e. The molecule has 0 spiro atoms. The quantitative estimate of drug-likeness (QED) is 0.916. The number of fused-ring (bicyclic) bond motifs is 1. The smallest absolute Gasteiger partial charge is 0.253 e. The Kier molecular flexibility index (Phi) is 3.37. The highest BCUT2D eigenvalue weighted by Crippen LogP contribution is 2.22. The van der Waals surface area contributed by atoms with Crippen molar-refractivity contribution in [3.8, 4) is 0 Å². The van der Waals surface area contributed by atoms with Crippen molar-refractivity contribution in [3.05, 3.63) is 36.0 Å². The molecule has 0 atom stereocenters. The number of aromatic nitrogens is 1. The number of hydrogen-bond acceptors (Lipinski definition) is 2. The number of carbonyl (C=O) groups excluding carboxylic acids is 1. The third kappa shape index (κ3) is 2.63. The third-order valence-electron chi connectivity index (χ3n) is 3.26. The summed E-state index contributed by atoms with van der Waals surface area (Å²) < 4.78 is 2.05. The van der Waals surface area contributed by atoms with Crippen LogP contribution < -0.4 is 0 Å². The fraction of sp³-hybridized carbons (Fsp3) is 0.400. The van der Waals surface area contributed by atoms with Crippen LogP contribution in [0, 0.1) is 0 Å². The van der Waals surface area contributed by atoms with Gasteiger partial charge in [0, 0.05) is 37.7 Å². The Balaban J connectivity index is 2.30. The SMILES string of the molecule is CN(Cc1cn(C)c2ccccc12)C(=O)C(C)(C)O. The second kappa shape index (κ2) is 4.70. The van der Waals surface area contributed by atoms with E-state index in [2.05, 4.69) is 6.07 Å². The lowest BCUT2D eigenvalue weighted by Gasteiger charge is -2.24. The van der Waals surface area contributed by atoms with Crippen molar-refractivity contribution in [2.24, 2.45) is 7.05 Å². The van der Waals surface area contributed by atoms with E-state index in [0.717, 1.165) is 16.5 Å². The molecule has 4 nitrogen and oxygen atoms in total. The first-order valence-electron chi connectivity index (χ1n) is 6.31. The number of benzene rings is 1. The maximum absolute atomic E-state index is 12.0. The zero-order valence-electron chi connectivity index (χ0n) is 11.8. The van der Waals surface area contributed by atoms with Gasteiger partial charge in [0.2, 0.25) is 0 Å². The highest BCUT2D eigenvalue weighted by atomic mass is 16.3. The number of amides is 1. The molecule has 0 aliphatic rings. The standard InChI is InChI=1S/C15H20N2O2/c1-15(2,19)14(18)17(4)10-11-9-16(3)13-8-6-5-7-12(11)13/h5-9,19H,10H2,1-4H3. The topological polar surface area (TPSA) is 45.5 Å². The minimum absolute atomic E-state index is 0.277. The number of hydrogen-bond donors (Lipinski definition) is 1. The molecule has 1 N–H and O–H groups in total. The van der Waals surface area contributed by atoms with Crippen LogP contribution in [-0.4, -0.2) is 33.1 Å². The van der Waals surface area contributed by atoms with Gasteiger partial charge in [-0.05, 0) is 25.5 Å². The number of carbonyl (C=O) groups is 1. The lowest BCUT2D eigenvalue weighted by atomic mass is 10.1. The second-order valence-electron chi connectivity index (χ2n) is 5.50. The highest BCUT2D eigenvalue weighted by Gasteiger charge is 2.27. The van der Waals surface area contributed by atoms with Gasteiger partial charge in [-0.3, -0.25) is 4.79 Å². The summed E-state index contributed by atoms with van der Waals surface area (Å²) in [6.45, 7) is 3.51. The molecule has 2 aromatic rings. The molecule has 0 saturated carbocycles. The van der Waals surface area contributed by atoms with Crippen LogP contribution in [0.4, 0.5) is 0 Å². The lowest BCUT2D eigenvalue weighted by Crippen LogP contribution is -2.42. The number of likely N-dealkylation sites (N-methyl/N-ethyl adjacent to an activating group) is 1. The summed E-state index contributed by atoms with van der Waals surface area (Å²) >= 11 is 0. The Morgan fingerprint density at radius 3 is 2.63 bits per heavy atom. The molecule has 4 heteroatoms. The van der Waals surface area contributed by atoms with Crippen LogP contribution in [0.1, 0.15) is 19.4 Å². The fourth-order valence-corrected chi connectivity index (χ4v) is 2.35. The molecule has 0 aliphatic heterocycles. The van der Waals surface area contributed by atoms with Gasteiger partial charge in [-0.1, -0.05) is 18.2 Å². The Hall–Kier alpha value is -1.81. The first kappa shape index (κ1) is 13.6. The van der Waals surface area contributed by atoms with E-state index >= 15 is 0 Å². The summed E-state index contributed by atoms with van der Waals surface area (Å²) in [4.78, 5) is 13.5. The molecule has 1 heterocycles. The number of nitrogens with zero attached hydrogens (tertiary/aromatic N) is 2. The summed E-state index contributed by atoms with van der Waals surface area (Å²) in [5.41, 5.74) is 0.888. The molecule has 0 saturated heterocycles. The van der Waals surface area contributed by atoms with E-state index in [0.29, 0.717) is 6.54 Å². The van der Waals surface area contributed by atoms with Gasteiger partial charge in [-0.25, -0.2) is 0 Å². The first-order chi connectivity index (χ1) is 8.80. The third-order valence-corrected chi connectivity index (χ3v) is 3.26. The average molecular weight is 260 g/mol. The predicted octanol–water partition coefficient (Wildman–Crippen LogP) is 1.91.